The summed E-state index contributed by atoms with van der Waals surface area (Å²) in [5.41, 5.74) is 0.833. The van der Waals surface area contributed by atoms with E-state index in [1.807, 2.05) is 30.3 Å². The number of nitro groups is 1. The Balaban J connectivity index is 1.59. The molecule has 1 atom stereocenters. The van der Waals surface area contributed by atoms with Gasteiger partial charge in [-0.2, -0.15) is 0 Å². The predicted octanol–water partition coefficient (Wildman–Crippen LogP) is 1.59. The van der Waals surface area contributed by atoms with Crippen molar-refractivity contribution in [2.45, 2.75) is 18.9 Å². The number of esters is 1. The standard InChI is InChI=1S/C22H22N4O6S/c27-19(32-12-9-15-5-2-1-3-6-15)14-18-21(29)23-10-11-25(18)22(33)24-20(28)16-7-4-8-17(13-16)26(30)31/h1-8,13,18H,9-12,14H2,(H,23,29)(H,24,28,33). The molecule has 3 rings (SSSR count). The average Bonchev–Trinajstić information content (AvgIpc) is 2.81. The highest BCUT2D eigenvalue weighted by atomic mass is 32.1. The monoisotopic (exact) mass is 470 g/mol. The van der Waals surface area contributed by atoms with Gasteiger partial charge < -0.3 is 15.0 Å². The molecule has 33 heavy (non-hydrogen) atoms. The maximum absolute atomic E-state index is 12.5. The Morgan fingerprint density at radius 3 is 2.70 bits per heavy atom. The number of carbonyl (C=O) groups excluding carboxylic acids is 3. The third kappa shape index (κ3) is 6.56. The van der Waals surface area contributed by atoms with Crippen molar-refractivity contribution in [3.05, 3.63) is 75.8 Å². The van der Waals surface area contributed by atoms with Crippen LogP contribution in [-0.4, -0.2) is 58.5 Å². The van der Waals surface area contributed by atoms with Gasteiger partial charge in [0.05, 0.1) is 18.0 Å². The molecule has 0 spiro atoms. The molecule has 1 unspecified atom stereocenters. The van der Waals surface area contributed by atoms with Gasteiger partial charge in [0.25, 0.3) is 11.6 Å². The Labute approximate surface area is 195 Å². The van der Waals surface area contributed by atoms with E-state index in [9.17, 15) is 24.5 Å². The largest absolute Gasteiger partial charge is 0.465 e. The van der Waals surface area contributed by atoms with Crippen LogP contribution in [0.2, 0.25) is 0 Å². The lowest BCUT2D eigenvalue weighted by molar-refractivity contribution is -0.384. The summed E-state index contributed by atoms with van der Waals surface area (Å²) < 4.78 is 5.27. The molecule has 11 heteroatoms. The smallest absolute Gasteiger partial charge is 0.308 e. The van der Waals surface area contributed by atoms with Crippen LogP contribution in [0, 0.1) is 10.1 Å². The number of benzene rings is 2. The molecule has 2 amide bonds. The van der Waals surface area contributed by atoms with Crippen molar-refractivity contribution in [1.82, 2.24) is 15.5 Å². The summed E-state index contributed by atoms with van der Waals surface area (Å²) >= 11 is 5.30. The second-order valence-corrected chi connectivity index (χ2v) is 7.61. The van der Waals surface area contributed by atoms with E-state index >= 15 is 0 Å². The Bertz CT molecular complexity index is 1060. The lowest BCUT2D eigenvalue weighted by Crippen LogP contribution is -2.60. The zero-order valence-corrected chi connectivity index (χ0v) is 18.4. The molecule has 0 aromatic heterocycles. The third-order valence-electron chi connectivity index (χ3n) is 4.99. The lowest BCUT2D eigenvalue weighted by Gasteiger charge is -2.36. The molecular weight excluding hydrogens is 448 g/mol. The summed E-state index contributed by atoms with van der Waals surface area (Å²) in [6, 6.07) is 13.8. The second-order valence-electron chi connectivity index (χ2n) is 7.23. The van der Waals surface area contributed by atoms with Crippen LogP contribution in [0.15, 0.2) is 54.6 Å². The Morgan fingerprint density at radius 2 is 1.97 bits per heavy atom. The van der Waals surface area contributed by atoms with Gasteiger partial charge in [-0.15, -0.1) is 0 Å². The fourth-order valence-corrected chi connectivity index (χ4v) is 3.62. The molecule has 10 nitrogen and oxygen atoms in total. The van der Waals surface area contributed by atoms with E-state index in [0.717, 1.165) is 11.6 Å². The van der Waals surface area contributed by atoms with Crippen LogP contribution in [0.4, 0.5) is 5.69 Å². The minimum absolute atomic E-state index is 0.0462. The van der Waals surface area contributed by atoms with Gasteiger partial charge in [-0.3, -0.25) is 29.8 Å². The van der Waals surface area contributed by atoms with Gasteiger partial charge in [-0.25, -0.2) is 0 Å². The molecular formula is C22H22N4O6S. The summed E-state index contributed by atoms with van der Waals surface area (Å²) in [4.78, 5) is 49.0. The summed E-state index contributed by atoms with van der Waals surface area (Å²) in [7, 11) is 0. The van der Waals surface area contributed by atoms with E-state index in [2.05, 4.69) is 10.6 Å². The van der Waals surface area contributed by atoms with E-state index < -0.39 is 28.7 Å². The lowest BCUT2D eigenvalue weighted by atomic mass is 10.1. The van der Waals surface area contributed by atoms with Crippen molar-refractivity contribution in [3.63, 3.8) is 0 Å². The number of nitrogens with one attached hydrogen (secondary N) is 2. The van der Waals surface area contributed by atoms with Gasteiger partial charge >= 0.3 is 5.97 Å². The van der Waals surface area contributed by atoms with Crippen LogP contribution in [0.1, 0.15) is 22.3 Å². The van der Waals surface area contributed by atoms with Crippen molar-refractivity contribution in [1.29, 1.82) is 0 Å². The fraction of sp³-hybridized carbons (Fsp3) is 0.273. The molecule has 0 aliphatic carbocycles. The maximum atomic E-state index is 12.5. The highest BCUT2D eigenvalue weighted by molar-refractivity contribution is 7.80. The molecule has 2 aromatic carbocycles. The summed E-state index contributed by atoms with van der Waals surface area (Å²) in [5, 5.41) is 16.0. The molecule has 1 aliphatic heterocycles. The zero-order valence-electron chi connectivity index (χ0n) is 17.6. The SMILES string of the molecule is O=C(CC1C(=O)NCCN1C(=S)NC(=O)c1cccc([N+](=O)[O-])c1)OCCc1ccccc1. The van der Waals surface area contributed by atoms with Crippen molar-refractivity contribution in [2.75, 3.05) is 19.7 Å². The summed E-state index contributed by atoms with van der Waals surface area (Å²) in [6.07, 6.45) is 0.304. The van der Waals surface area contributed by atoms with Crippen molar-refractivity contribution >= 4 is 40.8 Å². The highest BCUT2D eigenvalue weighted by Gasteiger charge is 2.34. The van der Waals surface area contributed by atoms with E-state index in [1.165, 1.54) is 23.1 Å². The van der Waals surface area contributed by atoms with Crippen LogP contribution in [0.5, 0.6) is 0 Å². The first-order chi connectivity index (χ1) is 15.8. The van der Waals surface area contributed by atoms with Gasteiger partial charge in [0.2, 0.25) is 5.91 Å². The molecule has 1 saturated heterocycles. The minimum atomic E-state index is -0.944. The number of ether oxygens (including phenoxy) is 1. The number of piperazine rings is 1. The van der Waals surface area contributed by atoms with Crippen molar-refractivity contribution < 1.29 is 24.0 Å². The fourth-order valence-electron chi connectivity index (χ4n) is 3.31. The first-order valence-corrected chi connectivity index (χ1v) is 10.6. The number of nitro benzene ring substituents is 1. The van der Waals surface area contributed by atoms with E-state index in [0.29, 0.717) is 6.42 Å². The zero-order chi connectivity index (χ0) is 23.8. The molecule has 0 radical (unpaired) electrons. The number of thiocarbonyl (C=S) groups is 1. The highest BCUT2D eigenvalue weighted by Crippen LogP contribution is 2.14. The number of hydrogen-bond acceptors (Lipinski definition) is 7. The average molecular weight is 471 g/mol. The summed E-state index contributed by atoms with van der Waals surface area (Å²) in [6.45, 7) is 0.734. The van der Waals surface area contributed by atoms with E-state index in [-0.39, 0.29) is 42.5 Å². The van der Waals surface area contributed by atoms with Crippen molar-refractivity contribution in [2.24, 2.45) is 0 Å². The number of hydrogen-bond donors (Lipinski definition) is 2. The normalized spacial score (nSPS) is 15.3. The first kappa shape index (κ1) is 23.8. The van der Waals surface area contributed by atoms with Gasteiger partial charge in [0.1, 0.15) is 6.04 Å². The van der Waals surface area contributed by atoms with E-state index in [1.54, 1.807) is 0 Å². The Morgan fingerprint density at radius 1 is 1.21 bits per heavy atom. The molecule has 2 N–H and O–H groups in total. The summed E-state index contributed by atoms with van der Waals surface area (Å²) in [5.74, 6) is -1.63. The Hall–Kier alpha value is -3.86. The molecule has 1 heterocycles. The van der Waals surface area contributed by atoms with Gasteiger partial charge in [-0.1, -0.05) is 36.4 Å². The minimum Gasteiger partial charge on any atom is -0.465 e. The first-order valence-electron chi connectivity index (χ1n) is 10.2. The van der Waals surface area contributed by atoms with Crippen LogP contribution in [0.3, 0.4) is 0 Å². The van der Waals surface area contributed by atoms with Crippen LogP contribution >= 0.6 is 12.2 Å². The predicted molar refractivity (Wildman–Crippen MR) is 122 cm³/mol. The van der Waals surface area contributed by atoms with Gasteiger partial charge in [-0.05, 0) is 23.8 Å². The number of rotatable bonds is 7. The Kier molecular flexibility index (Phi) is 8.03. The molecule has 172 valence electrons. The molecule has 2 aromatic rings. The number of non-ortho nitro benzene ring substituents is 1. The third-order valence-corrected chi connectivity index (χ3v) is 5.32. The topological polar surface area (TPSA) is 131 Å². The molecule has 1 aliphatic rings. The van der Waals surface area contributed by atoms with Crippen LogP contribution in [0.25, 0.3) is 0 Å². The number of nitrogens with zero attached hydrogens (tertiary/aromatic N) is 2. The van der Waals surface area contributed by atoms with Crippen LogP contribution < -0.4 is 10.6 Å². The van der Waals surface area contributed by atoms with Gasteiger partial charge in [0.15, 0.2) is 5.11 Å². The van der Waals surface area contributed by atoms with E-state index in [4.69, 9.17) is 17.0 Å². The molecule has 0 saturated carbocycles. The molecule has 0 bridgehead atoms. The quantitative estimate of drug-likeness (QED) is 0.270. The second kappa shape index (κ2) is 11.1. The number of amides is 2. The van der Waals surface area contributed by atoms with Gasteiger partial charge in [0, 0.05) is 37.2 Å². The van der Waals surface area contributed by atoms with Crippen LogP contribution in [-0.2, 0) is 20.7 Å². The van der Waals surface area contributed by atoms with Crippen molar-refractivity contribution in [3.8, 4) is 0 Å². The number of carbonyl (C=O) groups is 3. The maximum Gasteiger partial charge on any atom is 0.308 e. The molecule has 1 fully saturated rings.